The van der Waals surface area contributed by atoms with Crippen molar-refractivity contribution in [3.8, 4) is 0 Å². The highest BCUT2D eigenvalue weighted by atomic mass is 35.5. The Labute approximate surface area is 126 Å². The monoisotopic (exact) mass is 309 g/mol. The number of likely N-dealkylation sites (tertiary alicyclic amines) is 1. The summed E-state index contributed by atoms with van der Waals surface area (Å²) in [5.41, 5.74) is 1.46. The van der Waals surface area contributed by atoms with Crippen molar-refractivity contribution >= 4 is 29.1 Å². The van der Waals surface area contributed by atoms with E-state index in [0.717, 1.165) is 25.1 Å². The lowest BCUT2D eigenvalue weighted by Gasteiger charge is -2.24. The number of H-pyrrole nitrogens is 1. The van der Waals surface area contributed by atoms with Gasteiger partial charge in [-0.3, -0.25) is 4.79 Å². The van der Waals surface area contributed by atoms with Gasteiger partial charge in [0.1, 0.15) is 5.15 Å². The number of hydrogen-bond donors (Lipinski definition) is 1. The van der Waals surface area contributed by atoms with E-state index in [4.69, 9.17) is 23.2 Å². The summed E-state index contributed by atoms with van der Waals surface area (Å²) >= 11 is 11.9. The second-order valence-electron chi connectivity index (χ2n) is 4.77. The molecule has 1 fully saturated rings. The third kappa shape index (κ3) is 2.41. The zero-order chi connectivity index (χ0) is 14.1. The SMILES string of the molecule is O=C(c1cc(Cl)ncc1Cl)N1CCCC1c1ccc[nH]1. The van der Waals surface area contributed by atoms with E-state index in [9.17, 15) is 4.79 Å². The quantitative estimate of drug-likeness (QED) is 0.860. The third-order valence-electron chi connectivity index (χ3n) is 3.55. The molecule has 0 aliphatic carbocycles. The van der Waals surface area contributed by atoms with Crippen LogP contribution in [0.4, 0.5) is 0 Å². The largest absolute Gasteiger partial charge is 0.363 e. The summed E-state index contributed by atoms with van der Waals surface area (Å²) in [7, 11) is 0. The minimum Gasteiger partial charge on any atom is -0.363 e. The van der Waals surface area contributed by atoms with Crippen LogP contribution in [0.15, 0.2) is 30.6 Å². The van der Waals surface area contributed by atoms with Crippen molar-refractivity contribution in [2.24, 2.45) is 0 Å². The van der Waals surface area contributed by atoms with Crippen molar-refractivity contribution in [1.82, 2.24) is 14.9 Å². The smallest absolute Gasteiger partial charge is 0.256 e. The van der Waals surface area contributed by atoms with Crippen LogP contribution in [0.2, 0.25) is 10.2 Å². The molecule has 0 saturated carbocycles. The lowest BCUT2D eigenvalue weighted by molar-refractivity contribution is 0.0733. The Morgan fingerprint density at radius 3 is 3.05 bits per heavy atom. The molecule has 3 heterocycles. The van der Waals surface area contributed by atoms with Crippen LogP contribution in [0, 0.1) is 0 Å². The van der Waals surface area contributed by atoms with Gasteiger partial charge in [0.2, 0.25) is 0 Å². The number of carbonyl (C=O) groups excluding carboxylic acids is 1. The van der Waals surface area contributed by atoms with Gasteiger partial charge in [0.15, 0.2) is 0 Å². The first-order valence-electron chi connectivity index (χ1n) is 6.42. The van der Waals surface area contributed by atoms with Crippen molar-refractivity contribution in [3.05, 3.63) is 52.0 Å². The molecule has 1 saturated heterocycles. The molecular formula is C14H13Cl2N3O. The number of amides is 1. The highest BCUT2D eigenvalue weighted by Crippen LogP contribution is 2.33. The van der Waals surface area contributed by atoms with E-state index in [0.29, 0.717) is 10.6 Å². The van der Waals surface area contributed by atoms with Crippen molar-refractivity contribution in [3.63, 3.8) is 0 Å². The maximum absolute atomic E-state index is 12.7. The fraction of sp³-hybridized carbons (Fsp3) is 0.286. The predicted molar refractivity (Wildman–Crippen MR) is 78.1 cm³/mol. The average molecular weight is 310 g/mol. The molecule has 6 heteroatoms. The molecule has 1 atom stereocenters. The molecule has 0 spiro atoms. The molecule has 0 radical (unpaired) electrons. The Morgan fingerprint density at radius 1 is 1.45 bits per heavy atom. The van der Waals surface area contributed by atoms with Crippen LogP contribution in [0.3, 0.4) is 0 Å². The molecule has 1 N–H and O–H groups in total. The zero-order valence-corrected chi connectivity index (χ0v) is 12.2. The standard InChI is InChI=1S/C14H13Cl2N3O/c15-10-8-18-13(16)7-9(10)14(20)19-6-2-4-12(19)11-3-1-5-17-11/h1,3,5,7-8,12,17H,2,4,6H2. The molecule has 2 aromatic heterocycles. The maximum Gasteiger partial charge on any atom is 0.256 e. The summed E-state index contributed by atoms with van der Waals surface area (Å²) in [4.78, 5) is 21.6. The average Bonchev–Trinajstić information content (AvgIpc) is 3.10. The predicted octanol–water partition coefficient (Wildman–Crippen LogP) is 3.69. The molecule has 1 unspecified atom stereocenters. The molecule has 3 rings (SSSR count). The lowest BCUT2D eigenvalue weighted by atomic mass is 10.1. The summed E-state index contributed by atoms with van der Waals surface area (Å²) < 4.78 is 0. The molecule has 1 aliphatic rings. The number of nitrogens with one attached hydrogen (secondary N) is 1. The first kappa shape index (κ1) is 13.5. The van der Waals surface area contributed by atoms with E-state index in [2.05, 4.69) is 9.97 Å². The van der Waals surface area contributed by atoms with Crippen molar-refractivity contribution < 1.29 is 4.79 Å². The van der Waals surface area contributed by atoms with Crippen molar-refractivity contribution in [2.75, 3.05) is 6.54 Å². The molecule has 2 aromatic rings. The molecule has 0 aromatic carbocycles. The summed E-state index contributed by atoms with van der Waals surface area (Å²) in [6.07, 6.45) is 5.21. The topological polar surface area (TPSA) is 49.0 Å². The zero-order valence-electron chi connectivity index (χ0n) is 10.6. The Morgan fingerprint density at radius 2 is 2.30 bits per heavy atom. The molecule has 20 heavy (non-hydrogen) atoms. The van der Waals surface area contributed by atoms with Crippen LogP contribution in [0.1, 0.15) is 34.9 Å². The fourth-order valence-corrected chi connectivity index (χ4v) is 2.96. The van der Waals surface area contributed by atoms with E-state index in [1.807, 2.05) is 23.2 Å². The number of carbonyl (C=O) groups is 1. The van der Waals surface area contributed by atoms with Gasteiger partial charge in [-0.1, -0.05) is 23.2 Å². The van der Waals surface area contributed by atoms with Gasteiger partial charge in [0, 0.05) is 24.6 Å². The van der Waals surface area contributed by atoms with Crippen LogP contribution in [0.5, 0.6) is 0 Å². The van der Waals surface area contributed by atoms with E-state index in [1.54, 1.807) is 0 Å². The number of rotatable bonds is 2. The summed E-state index contributed by atoms with van der Waals surface area (Å²) in [6.45, 7) is 0.721. The van der Waals surface area contributed by atoms with E-state index >= 15 is 0 Å². The third-order valence-corrected chi connectivity index (χ3v) is 4.05. The van der Waals surface area contributed by atoms with Crippen molar-refractivity contribution in [1.29, 1.82) is 0 Å². The van der Waals surface area contributed by atoms with Gasteiger partial charge in [-0.05, 0) is 31.0 Å². The van der Waals surface area contributed by atoms with E-state index in [1.165, 1.54) is 12.3 Å². The Balaban J connectivity index is 1.91. The van der Waals surface area contributed by atoms with Gasteiger partial charge >= 0.3 is 0 Å². The summed E-state index contributed by atoms with van der Waals surface area (Å²) in [6, 6.07) is 5.53. The van der Waals surface area contributed by atoms with Crippen LogP contribution in [0.25, 0.3) is 0 Å². The van der Waals surface area contributed by atoms with E-state index in [-0.39, 0.29) is 17.1 Å². The van der Waals surface area contributed by atoms with Gasteiger partial charge in [-0.15, -0.1) is 0 Å². The first-order chi connectivity index (χ1) is 9.66. The number of pyridine rings is 1. The minimum absolute atomic E-state index is 0.0699. The second kappa shape index (κ2) is 5.46. The molecule has 4 nitrogen and oxygen atoms in total. The van der Waals surface area contributed by atoms with Crippen LogP contribution in [-0.4, -0.2) is 27.3 Å². The number of aromatic amines is 1. The molecule has 104 valence electrons. The summed E-state index contributed by atoms with van der Waals surface area (Å²) in [5.74, 6) is -0.101. The van der Waals surface area contributed by atoms with Crippen LogP contribution >= 0.6 is 23.2 Å². The number of halogens is 2. The second-order valence-corrected chi connectivity index (χ2v) is 5.56. The Hall–Kier alpha value is -1.52. The normalized spacial score (nSPS) is 18.5. The van der Waals surface area contributed by atoms with Crippen LogP contribution < -0.4 is 0 Å². The number of aromatic nitrogens is 2. The van der Waals surface area contributed by atoms with E-state index < -0.39 is 0 Å². The van der Waals surface area contributed by atoms with Gasteiger partial charge in [-0.25, -0.2) is 4.98 Å². The highest BCUT2D eigenvalue weighted by molar-refractivity contribution is 6.35. The van der Waals surface area contributed by atoms with Gasteiger partial charge in [0.05, 0.1) is 16.6 Å². The van der Waals surface area contributed by atoms with Crippen molar-refractivity contribution in [2.45, 2.75) is 18.9 Å². The highest BCUT2D eigenvalue weighted by Gasteiger charge is 2.32. The first-order valence-corrected chi connectivity index (χ1v) is 7.17. The molecule has 1 aliphatic heterocycles. The Bertz CT molecular complexity index is 627. The maximum atomic E-state index is 12.7. The van der Waals surface area contributed by atoms with Gasteiger partial charge < -0.3 is 9.88 Å². The number of nitrogens with zero attached hydrogens (tertiary/aromatic N) is 2. The molecule has 0 bridgehead atoms. The molecule has 1 amide bonds. The lowest BCUT2D eigenvalue weighted by Crippen LogP contribution is -2.31. The van der Waals surface area contributed by atoms with Gasteiger partial charge in [0.25, 0.3) is 5.91 Å². The summed E-state index contributed by atoms with van der Waals surface area (Å²) in [5, 5.41) is 0.602. The minimum atomic E-state index is -0.101. The Kier molecular flexibility index (Phi) is 3.68. The fourth-order valence-electron chi connectivity index (χ4n) is 2.62. The number of hydrogen-bond acceptors (Lipinski definition) is 2. The van der Waals surface area contributed by atoms with Crippen LogP contribution in [-0.2, 0) is 0 Å². The molecular weight excluding hydrogens is 297 g/mol. The van der Waals surface area contributed by atoms with Gasteiger partial charge in [-0.2, -0.15) is 0 Å².